The van der Waals surface area contributed by atoms with Gasteiger partial charge in [-0.05, 0) is 48.7 Å². The Morgan fingerprint density at radius 1 is 0.966 bits per heavy atom. The van der Waals surface area contributed by atoms with Gasteiger partial charge in [-0.2, -0.15) is 0 Å². The van der Waals surface area contributed by atoms with Crippen molar-refractivity contribution in [2.45, 2.75) is 39.5 Å². The van der Waals surface area contributed by atoms with Crippen LogP contribution in [0.15, 0.2) is 60.0 Å². The Labute approximate surface area is 175 Å². The minimum Gasteiger partial charge on any atom is -0.372 e. The zero-order valence-electron chi connectivity index (χ0n) is 17.3. The lowest BCUT2D eigenvalue weighted by molar-refractivity contribution is 0.601. The van der Waals surface area contributed by atoms with Crippen LogP contribution >= 0.6 is 0 Å². The summed E-state index contributed by atoms with van der Waals surface area (Å²) in [5.74, 6) is -0.136. The molecule has 0 aliphatic carbocycles. The highest BCUT2D eigenvalue weighted by Crippen LogP contribution is 2.17. The van der Waals surface area contributed by atoms with Gasteiger partial charge < -0.3 is 4.90 Å². The second-order valence-electron chi connectivity index (χ2n) is 6.98. The molecule has 5 nitrogen and oxygen atoms in total. The van der Waals surface area contributed by atoms with E-state index in [9.17, 15) is 8.42 Å². The second-order valence-corrected chi connectivity index (χ2v) is 8.54. The highest BCUT2D eigenvalue weighted by atomic mass is 32.2. The fraction of sp³-hybridized carbons (Fsp3) is 0.348. The van der Waals surface area contributed by atoms with E-state index in [0.29, 0.717) is 5.56 Å². The number of nitrogens with one attached hydrogen (secondary N) is 2. The van der Waals surface area contributed by atoms with Crippen molar-refractivity contribution in [3.8, 4) is 0 Å². The van der Waals surface area contributed by atoms with Gasteiger partial charge in [-0.15, -0.1) is 0 Å². The molecule has 0 unspecified atom stereocenters. The lowest BCUT2D eigenvalue weighted by Crippen LogP contribution is -2.29. The second kappa shape index (κ2) is 11.4. The number of unbranched alkanes of at least 4 members (excludes halogenated alkanes) is 2. The first kappa shape index (κ1) is 22.7. The number of hydrogen-bond acceptors (Lipinski definition) is 4. The number of amidine groups is 1. The van der Waals surface area contributed by atoms with Crippen LogP contribution in [0.2, 0.25) is 0 Å². The fourth-order valence-corrected chi connectivity index (χ4v) is 3.68. The summed E-state index contributed by atoms with van der Waals surface area (Å²) in [5.41, 5.74) is 2.43. The summed E-state index contributed by atoms with van der Waals surface area (Å²) in [6.07, 6.45) is 6.06. The fourth-order valence-electron chi connectivity index (χ4n) is 2.87. The van der Waals surface area contributed by atoms with Gasteiger partial charge in [0.1, 0.15) is 5.84 Å². The van der Waals surface area contributed by atoms with Crippen molar-refractivity contribution in [2.75, 3.05) is 18.0 Å². The van der Waals surface area contributed by atoms with Crippen LogP contribution in [0.4, 0.5) is 5.69 Å². The van der Waals surface area contributed by atoms with Crippen LogP contribution in [0, 0.1) is 5.41 Å². The molecular formula is C23H31N3O2S. The molecule has 0 spiro atoms. The molecule has 2 aromatic rings. The topological polar surface area (TPSA) is 73.3 Å². The van der Waals surface area contributed by atoms with Gasteiger partial charge in [0.05, 0.1) is 5.41 Å². The van der Waals surface area contributed by atoms with E-state index >= 15 is 0 Å². The number of rotatable bonds is 11. The quantitative estimate of drug-likeness (QED) is 0.402. The standard InChI is InChI=1S/C23H31N3O2S/c1-3-5-17-26(18-6-4-2)22-14-12-21(13-15-22)23(24)25-29(27,28)19-16-20-10-8-7-9-11-20/h7-16,19H,3-6,17-18H2,1-2H3,(H2,24,25)/b19-16+. The monoisotopic (exact) mass is 413 g/mol. The molecule has 0 aliphatic rings. The maximum absolute atomic E-state index is 12.3. The van der Waals surface area contributed by atoms with Gasteiger partial charge in [-0.1, -0.05) is 57.0 Å². The van der Waals surface area contributed by atoms with Gasteiger partial charge in [0.25, 0.3) is 10.0 Å². The van der Waals surface area contributed by atoms with Crippen molar-refractivity contribution in [3.05, 3.63) is 71.1 Å². The molecule has 2 rings (SSSR count). The molecule has 0 bridgehead atoms. The first-order chi connectivity index (χ1) is 13.9. The molecule has 0 radical (unpaired) electrons. The summed E-state index contributed by atoms with van der Waals surface area (Å²) in [5, 5.41) is 9.22. The van der Waals surface area contributed by atoms with Crippen molar-refractivity contribution in [1.29, 1.82) is 5.41 Å². The van der Waals surface area contributed by atoms with Crippen molar-refractivity contribution in [1.82, 2.24) is 4.72 Å². The maximum atomic E-state index is 12.3. The van der Waals surface area contributed by atoms with Gasteiger partial charge in [0.2, 0.25) is 0 Å². The van der Waals surface area contributed by atoms with Gasteiger partial charge in [0.15, 0.2) is 0 Å². The molecule has 6 heteroatoms. The SMILES string of the molecule is CCCCN(CCCC)c1ccc(C(=N)NS(=O)(=O)/C=C/c2ccccc2)cc1. The van der Waals surface area contributed by atoms with Crippen LogP contribution in [0.1, 0.15) is 50.7 Å². The van der Waals surface area contributed by atoms with Crippen molar-refractivity contribution < 1.29 is 8.42 Å². The summed E-state index contributed by atoms with van der Waals surface area (Å²) in [4.78, 5) is 2.35. The summed E-state index contributed by atoms with van der Waals surface area (Å²) in [7, 11) is -3.74. The molecule has 156 valence electrons. The lowest BCUT2D eigenvalue weighted by Gasteiger charge is -2.25. The third-order valence-corrected chi connectivity index (χ3v) is 5.55. The number of anilines is 1. The van der Waals surface area contributed by atoms with Gasteiger partial charge in [-0.3, -0.25) is 10.1 Å². The molecule has 0 aliphatic heterocycles. The van der Waals surface area contributed by atoms with E-state index in [2.05, 4.69) is 23.5 Å². The number of benzene rings is 2. The molecule has 0 amide bonds. The molecule has 0 saturated heterocycles. The maximum Gasteiger partial charge on any atom is 0.256 e. The number of hydrogen-bond donors (Lipinski definition) is 2. The third kappa shape index (κ3) is 7.74. The average Bonchev–Trinajstić information content (AvgIpc) is 2.73. The Balaban J connectivity index is 2.04. The van der Waals surface area contributed by atoms with E-state index in [-0.39, 0.29) is 5.84 Å². The van der Waals surface area contributed by atoms with E-state index in [1.807, 2.05) is 42.5 Å². The van der Waals surface area contributed by atoms with E-state index in [1.165, 1.54) is 6.08 Å². The van der Waals surface area contributed by atoms with Gasteiger partial charge >= 0.3 is 0 Å². The molecule has 29 heavy (non-hydrogen) atoms. The Bertz CT molecular complexity index is 883. The molecular weight excluding hydrogens is 382 g/mol. The summed E-state index contributed by atoms with van der Waals surface area (Å²) in [6.45, 7) is 6.37. The molecule has 0 aromatic heterocycles. The Morgan fingerprint density at radius 3 is 2.10 bits per heavy atom. The normalized spacial score (nSPS) is 11.5. The molecule has 2 aromatic carbocycles. The van der Waals surface area contributed by atoms with Crippen molar-refractivity contribution in [2.24, 2.45) is 0 Å². The van der Waals surface area contributed by atoms with E-state index < -0.39 is 10.0 Å². The third-order valence-electron chi connectivity index (χ3n) is 4.57. The summed E-state index contributed by atoms with van der Waals surface area (Å²) >= 11 is 0. The van der Waals surface area contributed by atoms with Crippen molar-refractivity contribution in [3.63, 3.8) is 0 Å². The Kier molecular flexibility index (Phi) is 8.93. The van der Waals surface area contributed by atoms with E-state index in [4.69, 9.17) is 5.41 Å². The van der Waals surface area contributed by atoms with Crippen molar-refractivity contribution >= 4 is 27.6 Å². The van der Waals surface area contributed by atoms with Crippen LogP contribution in [-0.2, 0) is 10.0 Å². The first-order valence-electron chi connectivity index (χ1n) is 10.1. The number of nitrogens with zero attached hydrogens (tertiary/aromatic N) is 1. The van der Waals surface area contributed by atoms with E-state index in [0.717, 1.165) is 55.4 Å². The Hall–Kier alpha value is -2.60. The number of sulfonamides is 1. The van der Waals surface area contributed by atoms with Crippen LogP contribution in [0.25, 0.3) is 6.08 Å². The average molecular weight is 414 g/mol. The van der Waals surface area contributed by atoms with Gasteiger partial charge in [0, 0.05) is 24.3 Å². The minimum atomic E-state index is -3.74. The molecule has 0 saturated carbocycles. The van der Waals surface area contributed by atoms with E-state index in [1.54, 1.807) is 12.1 Å². The predicted octanol–water partition coefficient (Wildman–Crippen LogP) is 5.01. The molecule has 2 N–H and O–H groups in total. The smallest absolute Gasteiger partial charge is 0.256 e. The Morgan fingerprint density at radius 2 is 1.55 bits per heavy atom. The highest BCUT2D eigenvalue weighted by molar-refractivity contribution is 7.93. The molecule has 0 heterocycles. The van der Waals surface area contributed by atoms with Crippen LogP contribution in [0.5, 0.6) is 0 Å². The molecule has 0 fully saturated rings. The minimum absolute atomic E-state index is 0.136. The molecule has 0 atom stereocenters. The summed E-state index contributed by atoms with van der Waals surface area (Å²) < 4.78 is 26.8. The van der Waals surface area contributed by atoms with Gasteiger partial charge in [-0.25, -0.2) is 8.42 Å². The highest BCUT2D eigenvalue weighted by Gasteiger charge is 2.11. The van der Waals surface area contributed by atoms with Crippen LogP contribution in [0.3, 0.4) is 0 Å². The largest absolute Gasteiger partial charge is 0.372 e. The zero-order valence-corrected chi connectivity index (χ0v) is 18.1. The van der Waals surface area contributed by atoms with Crippen LogP contribution < -0.4 is 9.62 Å². The zero-order chi connectivity index (χ0) is 21.1. The first-order valence-corrected chi connectivity index (χ1v) is 11.7. The van der Waals surface area contributed by atoms with Crippen LogP contribution in [-0.4, -0.2) is 27.3 Å². The lowest BCUT2D eigenvalue weighted by atomic mass is 10.1. The summed E-state index contributed by atoms with van der Waals surface area (Å²) in [6, 6.07) is 16.7. The predicted molar refractivity (Wildman–Crippen MR) is 123 cm³/mol.